The number of carbonyl (C=O) groups is 2. The van der Waals surface area contributed by atoms with E-state index in [1.807, 2.05) is 32.9 Å². The Morgan fingerprint density at radius 1 is 1.03 bits per heavy atom. The Labute approximate surface area is 219 Å². The molecule has 2 bridgehead atoms. The lowest BCUT2D eigenvalue weighted by Crippen LogP contribution is -2.43. The van der Waals surface area contributed by atoms with Crippen molar-refractivity contribution in [3.8, 4) is 11.5 Å². The number of fused-ring (bicyclic) bond motifs is 2. The fourth-order valence-electron chi connectivity index (χ4n) is 5.82. The molecule has 2 unspecified atom stereocenters. The van der Waals surface area contributed by atoms with Crippen molar-refractivity contribution in [3.63, 3.8) is 0 Å². The number of ether oxygens (including phenoxy) is 2. The third kappa shape index (κ3) is 5.06. The van der Waals surface area contributed by atoms with Crippen molar-refractivity contribution in [3.05, 3.63) is 47.5 Å². The molecule has 2 aliphatic carbocycles. The Morgan fingerprint density at radius 3 is 2.16 bits per heavy atom. The van der Waals surface area contributed by atoms with E-state index in [4.69, 9.17) is 9.47 Å². The van der Waals surface area contributed by atoms with Crippen LogP contribution in [0.1, 0.15) is 62.9 Å². The van der Waals surface area contributed by atoms with Gasteiger partial charge in [-0.1, -0.05) is 31.5 Å². The van der Waals surface area contributed by atoms with Crippen LogP contribution < -0.4 is 19.5 Å². The third-order valence-electron chi connectivity index (χ3n) is 8.08. The molecule has 200 valence electrons. The predicted octanol–water partition coefficient (Wildman–Crippen LogP) is 5.18. The molecule has 0 spiro atoms. The number of rotatable bonds is 10. The Hall–Kier alpha value is -3.07. The molecule has 4 rings (SSSR count). The van der Waals surface area contributed by atoms with Crippen molar-refractivity contribution >= 4 is 33.1 Å². The van der Waals surface area contributed by atoms with Gasteiger partial charge in [0.25, 0.3) is 5.91 Å². The number of amides is 1. The molecule has 8 nitrogen and oxygen atoms in total. The van der Waals surface area contributed by atoms with Gasteiger partial charge in [0.05, 0.1) is 35.8 Å². The fourth-order valence-corrected chi connectivity index (χ4v) is 7.72. The van der Waals surface area contributed by atoms with Gasteiger partial charge in [0.15, 0.2) is 0 Å². The van der Waals surface area contributed by atoms with E-state index in [9.17, 15) is 18.0 Å². The monoisotopic (exact) mass is 528 g/mol. The fraction of sp³-hybridized carbons (Fsp3) is 0.500. The van der Waals surface area contributed by atoms with Crippen molar-refractivity contribution in [2.45, 2.75) is 53.9 Å². The topological polar surface area (TPSA) is 111 Å². The van der Waals surface area contributed by atoms with Gasteiger partial charge in [-0.15, -0.1) is 0 Å². The Morgan fingerprint density at radius 2 is 1.62 bits per heavy atom. The summed E-state index contributed by atoms with van der Waals surface area (Å²) in [7, 11) is -3.92. The number of ketones is 1. The lowest BCUT2D eigenvalue weighted by Gasteiger charge is -2.36. The summed E-state index contributed by atoms with van der Waals surface area (Å²) >= 11 is 0. The van der Waals surface area contributed by atoms with E-state index >= 15 is 0 Å². The highest BCUT2D eigenvalue weighted by atomic mass is 32.2. The maximum Gasteiger partial charge on any atom is 0.255 e. The zero-order valence-corrected chi connectivity index (χ0v) is 23.0. The van der Waals surface area contributed by atoms with Crippen LogP contribution in [-0.2, 0) is 14.8 Å². The lowest BCUT2D eigenvalue weighted by atomic mass is 9.70. The van der Waals surface area contributed by atoms with Gasteiger partial charge in [0.1, 0.15) is 17.3 Å². The second-order valence-electron chi connectivity index (χ2n) is 10.6. The first-order valence-electron chi connectivity index (χ1n) is 12.8. The highest BCUT2D eigenvalue weighted by Crippen LogP contribution is 2.64. The van der Waals surface area contributed by atoms with E-state index in [1.54, 1.807) is 32.0 Å². The minimum Gasteiger partial charge on any atom is -0.492 e. The molecule has 2 N–H and O–H groups in total. The second-order valence-corrected chi connectivity index (χ2v) is 12.3. The summed E-state index contributed by atoms with van der Waals surface area (Å²) in [5.74, 6) is 0.217. The number of sulfonamides is 1. The molecule has 2 aromatic carbocycles. The highest BCUT2D eigenvalue weighted by molar-refractivity contribution is 7.92. The number of benzene rings is 2. The Balaban J connectivity index is 1.64. The predicted molar refractivity (Wildman–Crippen MR) is 144 cm³/mol. The molecule has 0 radical (unpaired) electrons. The van der Waals surface area contributed by atoms with E-state index in [0.29, 0.717) is 36.4 Å². The van der Waals surface area contributed by atoms with Crippen molar-refractivity contribution in [2.24, 2.45) is 16.7 Å². The number of carbonyl (C=O) groups excluding carboxylic acids is 2. The zero-order valence-electron chi connectivity index (χ0n) is 22.1. The molecule has 2 atom stereocenters. The molecule has 0 aliphatic heterocycles. The van der Waals surface area contributed by atoms with Gasteiger partial charge in [0, 0.05) is 24.1 Å². The van der Waals surface area contributed by atoms with Gasteiger partial charge >= 0.3 is 0 Å². The van der Waals surface area contributed by atoms with E-state index < -0.39 is 15.4 Å². The number of nitrogens with one attached hydrogen (secondary N) is 2. The molecule has 37 heavy (non-hydrogen) atoms. The quantitative estimate of drug-likeness (QED) is 0.440. The second kappa shape index (κ2) is 10.0. The van der Waals surface area contributed by atoms with Crippen LogP contribution in [0.3, 0.4) is 0 Å². The maximum absolute atomic E-state index is 13.4. The summed E-state index contributed by atoms with van der Waals surface area (Å²) < 4.78 is 41.0. The van der Waals surface area contributed by atoms with Gasteiger partial charge in [-0.2, -0.15) is 0 Å². The van der Waals surface area contributed by atoms with Gasteiger partial charge in [-0.05, 0) is 57.1 Å². The molecular formula is C28H36N2O6S. The lowest BCUT2D eigenvalue weighted by molar-refractivity contribution is -0.128. The van der Waals surface area contributed by atoms with Gasteiger partial charge in [-0.25, -0.2) is 8.42 Å². The highest BCUT2D eigenvalue weighted by Gasteiger charge is 2.65. The standard InChI is InChI=1S/C28H36N2O6S/c1-6-35-23-16-22(30-37(33,34)17-28-13-12-20(14-25(28)31)27(28,4)5)24(36-7-2)15-21(23)29-26(32)19-10-8-18(3)9-11-19/h8-11,15-16,20,30H,6-7,12-14,17H2,1-5H3,(H,29,32). The molecule has 2 fully saturated rings. The van der Waals surface area contributed by atoms with Crippen LogP contribution in [0.15, 0.2) is 36.4 Å². The van der Waals surface area contributed by atoms with Crippen LogP contribution in [0.4, 0.5) is 11.4 Å². The van der Waals surface area contributed by atoms with E-state index in [1.165, 1.54) is 6.07 Å². The van der Waals surface area contributed by atoms with Crippen LogP contribution in [0.25, 0.3) is 0 Å². The summed E-state index contributed by atoms with van der Waals surface area (Å²) in [6.07, 6.45) is 1.88. The van der Waals surface area contributed by atoms with E-state index in [2.05, 4.69) is 10.0 Å². The summed E-state index contributed by atoms with van der Waals surface area (Å²) in [5, 5.41) is 2.85. The average Bonchev–Trinajstić information content (AvgIpc) is 3.16. The molecule has 2 aromatic rings. The summed E-state index contributed by atoms with van der Waals surface area (Å²) in [6.45, 7) is 10.1. The van der Waals surface area contributed by atoms with Gasteiger partial charge in [0.2, 0.25) is 10.0 Å². The molecular weight excluding hydrogens is 492 g/mol. The zero-order chi connectivity index (χ0) is 27.0. The van der Waals surface area contributed by atoms with Crippen molar-refractivity contribution in [2.75, 3.05) is 29.0 Å². The molecule has 0 aromatic heterocycles. The molecule has 1 amide bonds. The minimum absolute atomic E-state index is 0.0355. The van der Waals surface area contributed by atoms with Crippen LogP contribution in [0, 0.1) is 23.7 Å². The maximum atomic E-state index is 13.4. The molecule has 2 aliphatic rings. The van der Waals surface area contributed by atoms with Gasteiger partial charge in [-0.3, -0.25) is 14.3 Å². The molecule has 2 saturated carbocycles. The van der Waals surface area contributed by atoms with Crippen LogP contribution in [0.2, 0.25) is 0 Å². The summed E-state index contributed by atoms with van der Waals surface area (Å²) in [4.78, 5) is 25.8. The molecule has 0 heterocycles. The number of anilines is 2. The van der Waals surface area contributed by atoms with E-state index in [0.717, 1.165) is 12.0 Å². The largest absolute Gasteiger partial charge is 0.492 e. The number of hydrogen-bond donors (Lipinski definition) is 2. The van der Waals surface area contributed by atoms with Crippen LogP contribution in [0.5, 0.6) is 11.5 Å². The van der Waals surface area contributed by atoms with Crippen molar-refractivity contribution in [1.29, 1.82) is 0 Å². The Bertz CT molecular complexity index is 1300. The first-order valence-corrected chi connectivity index (χ1v) is 14.4. The molecule has 9 heteroatoms. The van der Waals surface area contributed by atoms with Crippen molar-refractivity contribution < 1.29 is 27.5 Å². The van der Waals surface area contributed by atoms with E-state index in [-0.39, 0.29) is 46.8 Å². The number of hydrogen-bond acceptors (Lipinski definition) is 6. The average molecular weight is 529 g/mol. The number of aryl methyl sites for hydroxylation is 1. The molecule has 0 saturated heterocycles. The smallest absolute Gasteiger partial charge is 0.255 e. The summed E-state index contributed by atoms with van der Waals surface area (Å²) in [5.41, 5.74) is 0.823. The first kappa shape index (κ1) is 27.0. The van der Waals surface area contributed by atoms with Crippen LogP contribution in [-0.4, -0.2) is 39.1 Å². The normalized spacial score (nSPS) is 22.1. The summed E-state index contributed by atoms with van der Waals surface area (Å²) in [6, 6.07) is 10.3. The Kier molecular flexibility index (Phi) is 7.29. The minimum atomic E-state index is -3.92. The van der Waals surface area contributed by atoms with Gasteiger partial charge < -0.3 is 14.8 Å². The van der Waals surface area contributed by atoms with Crippen molar-refractivity contribution in [1.82, 2.24) is 0 Å². The SMILES string of the molecule is CCOc1cc(NS(=O)(=O)CC23CCC(CC2=O)C3(C)C)c(OCC)cc1NC(=O)c1ccc(C)cc1. The number of Topliss-reactive ketones (excluding diaryl/α,β-unsaturated/α-hetero) is 1. The van der Waals surface area contributed by atoms with Crippen LogP contribution >= 0.6 is 0 Å². The first-order chi connectivity index (χ1) is 17.4. The third-order valence-corrected chi connectivity index (χ3v) is 9.49.